The van der Waals surface area contributed by atoms with E-state index in [1.54, 1.807) is 6.26 Å². The lowest BCUT2D eigenvalue weighted by Crippen LogP contribution is -2.23. The first kappa shape index (κ1) is 17.0. The molecular formula is C11H15F3N2O2S2. The quantitative estimate of drug-likeness (QED) is 0.664. The lowest BCUT2D eigenvalue weighted by molar-refractivity contribution is -0.132. The topological polar surface area (TPSA) is 55.6 Å². The Kier molecular flexibility index (Phi) is 5.58. The smallest absolute Gasteiger partial charge is 0.390 e. The van der Waals surface area contributed by atoms with Crippen molar-refractivity contribution >= 4 is 39.8 Å². The van der Waals surface area contributed by atoms with Crippen molar-refractivity contribution in [2.24, 2.45) is 0 Å². The highest BCUT2D eigenvalue weighted by Gasteiger charge is 2.29. The molecule has 0 atom stereocenters. The minimum Gasteiger partial charge on any atom is -0.465 e. The summed E-state index contributed by atoms with van der Waals surface area (Å²) in [7, 11) is 2.77. The monoisotopic (exact) mass is 328 g/mol. The molecule has 1 heterocycles. The van der Waals surface area contributed by atoms with Crippen LogP contribution in [0.3, 0.4) is 0 Å². The van der Waals surface area contributed by atoms with Gasteiger partial charge < -0.3 is 15.4 Å². The van der Waals surface area contributed by atoms with Crippen LogP contribution in [-0.2, 0) is 4.74 Å². The third kappa shape index (κ3) is 3.95. The summed E-state index contributed by atoms with van der Waals surface area (Å²) in [5, 5.41) is 0.541. The SMILES string of the molecule is COC(=O)c1sc(N(C)CCC(F)(F)F)c(SC)c1N. The molecule has 0 aliphatic rings. The van der Waals surface area contributed by atoms with Crippen molar-refractivity contribution in [2.75, 3.05) is 37.6 Å². The number of anilines is 2. The standard InChI is InChI=1S/C11H15F3N2O2S2/c1-16(5-4-11(12,13)14)9-7(19-3)6(15)8(20-9)10(17)18-2/h4-5,15H2,1-3H3. The number of nitrogen functional groups attached to an aromatic ring is 1. The van der Waals surface area contributed by atoms with Crippen LogP contribution in [0.4, 0.5) is 23.9 Å². The van der Waals surface area contributed by atoms with E-state index in [9.17, 15) is 18.0 Å². The molecule has 0 aliphatic carbocycles. The number of rotatable bonds is 5. The normalized spacial score (nSPS) is 11.5. The van der Waals surface area contributed by atoms with Crippen LogP contribution in [0, 0.1) is 0 Å². The van der Waals surface area contributed by atoms with Crippen LogP contribution < -0.4 is 10.6 Å². The number of hydrogen-bond donors (Lipinski definition) is 1. The fraction of sp³-hybridized carbons (Fsp3) is 0.545. The molecule has 2 N–H and O–H groups in total. The lowest BCUT2D eigenvalue weighted by Gasteiger charge is -2.19. The molecule has 1 aromatic heterocycles. The first-order valence-electron chi connectivity index (χ1n) is 5.53. The molecule has 0 saturated carbocycles. The highest BCUT2D eigenvalue weighted by molar-refractivity contribution is 7.99. The maximum absolute atomic E-state index is 12.3. The molecule has 0 fully saturated rings. The van der Waals surface area contributed by atoms with E-state index in [0.717, 1.165) is 11.3 Å². The van der Waals surface area contributed by atoms with Crippen molar-refractivity contribution in [1.82, 2.24) is 0 Å². The van der Waals surface area contributed by atoms with Gasteiger partial charge in [-0.2, -0.15) is 13.2 Å². The molecule has 1 rings (SSSR count). The highest BCUT2D eigenvalue weighted by atomic mass is 32.2. The summed E-state index contributed by atoms with van der Waals surface area (Å²) in [6.07, 6.45) is -3.40. The van der Waals surface area contributed by atoms with Gasteiger partial charge in [-0.1, -0.05) is 0 Å². The summed E-state index contributed by atoms with van der Waals surface area (Å²) in [5.41, 5.74) is 6.10. The van der Waals surface area contributed by atoms with E-state index in [-0.39, 0.29) is 17.1 Å². The number of halogens is 3. The van der Waals surface area contributed by atoms with Crippen LogP contribution in [0.15, 0.2) is 4.90 Å². The molecule has 0 radical (unpaired) electrons. The van der Waals surface area contributed by atoms with Crippen LogP contribution in [-0.4, -0.2) is 39.1 Å². The second kappa shape index (κ2) is 6.57. The minimum absolute atomic E-state index is 0.197. The molecule has 20 heavy (non-hydrogen) atoms. The zero-order valence-corrected chi connectivity index (χ0v) is 12.8. The van der Waals surface area contributed by atoms with Crippen LogP contribution in [0.25, 0.3) is 0 Å². The van der Waals surface area contributed by atoms with E-state index in [4.69, 9.17) is 5.73 Å². The Hall–Kier alpha value is -1.09. The predicted molar refractivity (Wildman–Crippen MR) is 75.8 cm³/mol. The van der Waals surface area contributed by atoms with Gasteiger partial charge in [0.05, 0.1) is 24.1 Å². The van der Waals surface area contributed by atoms with Gasteiger partial charge in [0.15, 0.2) is 0 Å². The molecule has 1 aromatic rings. The molecule has 4 nitrogen and oxygen atoms in total. The van der Waals surface area contributed by atoms with Crippen molar-refractivity contribution in [3.05, 3.63) is 4.88 Å². The number of ether oxygens (including phenoxy) is 1. The Morgan fingerprint density at radius 2 is 2.10 bits per heavy atom. The van der Waals surface area contributed by atoms with Crippen molar-refractivity contribution in [1.29, 1.82) is 0 Å². The number of carbonyl (C=O) groups is 1. The van der Waals surface area contributed by atoms with Gasteiger partial charge in [-0.15, -0.1) is 23.1 Å². The van der Waals surface area contributed by atoms with E-state index in [1.165, 1.54) is 30.8 Å². The zero-order chi connectivity index (χ0) is 15.5. The zero-order valence-electron chi connectivity index (χ0n) is 11.2. The molecule has 0 bridgehead atoms. The number of hydrogen-bond acceptors (Lipinski definition) is 6. The molecule has 0 amide bonds. The number of nitrogens with zero attached hydrogens (tertiary/aromatic N) is 1. The Labute approximate surface area is 123 Å². The summed E-state index contributed by atoms with van der Waals surface area (Å²) in [4.78, 5) is 13.8. The molecule has 114 valence electrons. The number of alkyl halides is 3. The predicted octanol–water partition coefficient (Wildman–Crippen LogP) is 3.23. The lowest BCUT2D eigenvalue weighted by atomic mass is 10.3. The number of carbonyl (C=O) groups excluding carboxylic acids is 1. The maximum atomic E-state index is 12.3. The Morgan fingerprint density at radius 1 is 1.50 bits per heavy atom. The van der Waals surface area contributed by atoms with Gasteiger partial charge in [0.2, 0.25) is 0 Å². The van der Waals surface area contributed by atoms with E-state index in [1.807, 2.05) is 0 Å². The summed E-state index contributed by atoms with van der Waals surface area (Å²) in [5.74, 6) is -0.585. The first-order chi connectivity index (χ1) is 9.21. The first-order valence-corrected chi connectivity index (χ1v) is 7.57. The average Bonchev–Trinajstić information content (AvgIpc) is 2.71. The van der Waals surface area contributed by atoms with Gasteiger partial charge in [-0.05, 0) is 6.26 Å². The van der Waals surface area contributed by atoms with Crippen LogP contribution >= 0.6 is 23.1 Å². The summed E-state index contributed by atoms with van der Waals surface area (Å²) in [6, 6.07) is 0. The largest absolute Gasteiger partial charge is 0.465 e. The Bertz CT molecular complexity index is 489. The number of nitrogens with two attached hydrogens (primary N) is 1. The van der Waals surface area contributed by atoms with Gasteiger partial charge in [-0.25, -0.2) is 4.79 Å². The van der Waals surface area contributed by atoms with Crippen molar-refractivity contribution in [3.63, 3.8) is 0 Å². The summed E-state index contributed by atoms with van der Waals surface area (Å²) < 4.78 is 41.4. The molecule has 0 aromatic carbocycles. The number of thioether (sulfide) groups is 1. The molecule has 0 spiro atoms. The van der Waals surface area contributed by atoms with Crippen molar-refractivity contribution < 1.29 is 22.7 Å². The van der Waals surface area contributed by atoms with Crippen LogP contribution in [0.5, 0.6) is 0 Å². The second-order valence-corrected chi connectivity index (χ2v) is 5.78. The summed E-state index contributed by atoms with van der Waals surface area (Å²) >= 11 is 2.33. The average molecular weight is 328 g/mol. The van der Waals surface area contributed by atoms with Gasteiger partial charge in [-0.3, -0.25) is 0 Å². The third-order valence-corrected chi connectivity index (χ3v) is 4.79. The molecule has 0 unspecified atom stereocenters. The molecule has 0 aliphatic heterocycles. The van der Waals surface area contributed by atoms with E-state index in [0.29, 0.717) is 9.90 Å². The third-order valence-electron chi connectivity index (χ3n) is 2.53. The number of esters is 1. The number of thiophene rings is 1. The van der Waals surface area contributed by atoms with Gasteiger partial charge >= 0.3 is 12.1 Å². The van der Waals surface area contributed by atoms with Crippen molar-refractivity contribution in [3.8, 4) is 0 Å². The van der Waals surface area contributed by atoms with Gasteiger partial charge in [0, 0.05) is 13.6 Å². The molecule has 0 saturated heterocycles. The molecular weight excluding hydrogens is 313 g/mol. The fourth-order valence-electron chi connectivity index (χ4n) is 1.51. The van der Waals surface area contributed by atoms with E-state index in [2.05, 4.69) is 4.74 Å². The Morgan fingerprint density at radius 3 is 2.55 bits per heavy atom. The summed E-state index contributed by atoms with van der Waals surface area (Å²) in [6.45, 7) is -0.197. The van der Waals surface area contributed by atoms with Gasteiger partial charge in [0.1, 0.15) is 9.88 Å². The second-order valence-electron chi connectivity index (χ2n) is 3.96. The van der Waals surface area contributed by atoms with Crippen LogP contribution in [0.2, 0.25) is 0 Å². The van der Waals surface area contributed by atoms with Crippen LogP contribution in [0.1, 0.15) is 16.1 Å². The van der Waals surface area contributed by atoms with Crippen molar-refractivity contribution in [2.45, 2.75) is 17.5 Å². The number of methoxy groups -OCH3 is 1. The van der Waals surface area contributed by atoms with E-state index < -0.39 is 18.6 Å². The maximum Gasteiger partial charge on any atom is 0.390 e. The fourth-order valence-corrected chi connectivity index (χ4v) is 3.62. The van der Waals surface area contributed by atoms with Gasteiger partial charge in [0.25, 0.3) is 0 Å². The molecule has 9 heteroatoms. The minimum atomic E-state index is -4.22. The highest BCUT2D eigenvalue weighted by Crippen LogP contribution is 2.43. The Balaban J connectivity index is 3.02. The van der Waals surface area contributed by atoms with E-state index >= 15 is 0 Å².